The average Bonchev–Trinajstić information content (AvgIpc) is 2.15. The van der Waals surface area contributed by atoms with Gasteiger partial charge in [-0.3, -0.25) is 0 Å². The van der Waals surface area contributed by atoms with E-state index in [1.807, 2.05) is 0 Å². The van der Waals surface area contributed by atoms with E-state index in [0.717, 1.165) is 0 Å². The lowest BCUT2D eigenvalue weighted by molar-refractivity contribution is 0.587. The van der Waals surface area contributed by atoms with Crippen LogP contribution in [0.3, 0.4) is 0 Å². The van der Waals surface area contributed by atoms with Gasteiger partial charge in [-0.05, 0) is 40.3 Å². The molecule has 0 bridgehead atoms. The summed E-state index contributed by atoms with van der Waals surface area (Å²) in [6.07, 6.45) is 0. The van der Waals surface area contributed by atoms with Crippen LogP contribution >= 0.6 is 0 Å². The van der Waals surface area contributed by atoms with Gasteiger partial charge in [0.05, 0.1) is 0 Å². The average molecular weight is 197 g/mol. The Morgan fingerprint density at radius 3 is 2.40 bits per heavy atom. The molecule has 0 aromatic heterocycles. The third-order valence-corrected chi connectivity index (χ3v) is 2.79. The SMILES string of the molecule is Cc1[c]c2ccccc2cc1C(C)(C)C. The van der Waals surface area contributed by atoms with Crippen molar-refractivity contribution in [3.05, 3.63) is 47.5 Å². The van der Waals surface area contributed by atoms with E-state index in [-0.39, 0.29) is 5.41 Å². The first-order chi connectivity index (χ1) is 6.98. The molecule has 2 aromatic rings. The molecule has 0 heterocycles. The van der Waals surface area contributed by atoms with Crippen LogP contribution in [-0.4, -0.2) is 0 Å². The van der Waals surface area contributed by atoms with Gasteiger partial charge in [-0.2, -0.15) is 0 Å². The lowest BCUT2D eigenvalue weighted by Crippen LogP contribution is -2.12. The number of aryl methyl sites for hydroxylation is 1. The second-order valence-electron chi connectivity index (χ2n) is 5.15. The fraction of sp³-hybridized carbons (Fsp3) is 0.333. The molecule has 0 heteroatoms. The highest BCUT2D eigenvalue weighted by Crippen LogP contribution is 2.28. The molecule has 0 spiro atoms. The van der Waals surface area contributed by atoms with E-state index < -0.39 is 0 Å². The minimum atomic E-state index is 0.199. The van der Waals surface area contributed by atoms with Crippen LogP contribution in [0.25, 0.3) is 10.8 Å². The molecule has 77 valence electrons. The van der Waals surface area contributed by atoms with Crippen LogP contribution in [0.2, 0.25) is 0 Å². The number of rotatable bonds is 0. The number of fused-ring (bicyclic) bond motifs is 1. The van der Waals surface area contributed by atoms with Crippen LogP contribution in [0, 0.1) is 13.0 Å². The minimum Gasteiger partial charge on any atom is -0.0616 e. The fourth-order valence-electron chi connectivity index (χ4n) is 2.05. The second-order valence-corrected chi connectivity index (χ2v) is 5.15. The van der Waals surface area contributed by atoms with Crippen molar-refractivity contribution in [1.29, 1.82) is 0 Å². The summed E-state index contributed by atoms with van der Waals surface area (Å²) in [5.74, 6) is 0. The van der Waals surface area contributed by atoms with Crippen molar-refractivity contribution in [2.75, 3.05) is 0 Å². The Morgan fingerprint density at radius 2 is 1.73 bits per heavy atom. The normalized spacial score (nSPS) is 12.0. The van der Waals surface area contributed by atoms with Crippen LogP contribution in [0.15, 0.2) is 30.3 Å². The number of benzene rings is 2. The highest BCUT2D eigenvalue weighted by atomic mass is 14.2. The van der Waals surface area contributed by atoms with Gasteiger partial charge in [0.25, 0.3) is 0 Å². The first-order valence-corrected chi connectivity index (χ1v) is 5.40. The highest BCUT2D eigenvalue weighted by Gasteiger charge is 2.16. The Bertz CT molecular complexity index is 487. The molecule has 15 heavy (non-hydrogen) atoms. The first kappa shape index (κ1) is 10.2. The molecule has 0 saturated carbocycles. The molecule has 0 saturated heterocycles. The third kappa shape index (κ3) is 1.90. The van der Waals surface area contributed by atoms with Crippen molar-refractivity contribution >= 4 is 10.8 Å². The van der Waals surface area contributed by atoms with Gasteiger partial charge < -0.3 is 0 Å². The van der Waals surface area contributed by atoms with Gasteiger partial charge in [0.1, 0.15) is 0 Å². The van der Waals surface area contributed by atoms with Crippen LogP contribution < -0.4 is 0 Å². The smallest absolute Gasteiger partial charge is 0.00642 e. The highest BCUT2D eigenvalue weighted by molar-refractivity contribution is 5.83. The number of hydrogen-bond acceptors (Lipinski definition) is 0. The van der Waals surface area contributed by atoms with Crippen molar-refractivity contribution in [1.82, 2.24) is 0 Å². The van der Waals surface area contributed by atoms with Gasteiger partial charge in [0.2, 0.25) is 0 Å². The monoisotopic (exact) mass is 197 g/mol. The minimum absolute atomic E-state index is 0.199. The molecule has 1 radical (unpaired) electrons. The molecule has 0 aliphatic rings. The zero-order valence-corrected chi connectivity index (χ0v) is 9.89. The zero-order chi connectivity index (χ0) is 11.1. The van der Waals surface area contributed by atoms with Gasteiger partial charge in [-0.15, -0.1) is 0 Å². The Kier molecular flexibility index (Phi) is 2.30. The van der Waals surface area contributed by atoms with Crippen LogP contribution in [-0.2, 0) is 5.41 Å². The lowest BCUT2D eigenvalue weighted by Gasteiger charge is -2.22. The van der Waals surface area contributed by atoms with Crippen LogP contribution in [0.5, 0.6) is 0 Å². The van der Waals surface area contributed by atoms with E-state index in [4.69, 9.17) is 0 Å². The summed E-state index contributed by atoms with van der Waals surface area (Å²) >= 11 is 0. The van der Waals surface area contributed by atoms with Gasteiger partial charge in [0.15, 0.2) is 0 Å². The van der Waals surface area contributed by atoms with E-state index in [0.29, 0.717) is 0 Å². The van der Waals surface area contributed by atoms with Crippen molar-refractivity contribution in [2.45, 2.75) is 33.1 Å². The fourth-order valence-corrected chi connectivity index (χ4v) is 2.05. The maximum absolute atomic E-state index is 3.46. The maximum Gasteiger partial charge on any atom is -0.00642 e. The van der Waals surface area contributed by atoms with Crippen molar-refractivity contribution in [2.24, 2.45) is 0 Å². The van der Waals surface area contributed by atoms with Crippen molar-refractivity contribution in [3.8, 4) is 0 Å². The lowest BCUT2D eigenvalue weighted by atomic mass is 9.83. The molecule has 2 rings (SSSR count). The van der Waals surface area contributed by atoms with E-state index >= 15 is 0 Å². The molecule has 2 aromatic carbocycles. The molecule has 0 aliphatic carbocycles. The van der Waals surface area contributed by atoms with Crippen molar-refractivity contribution in [3.63, 3.8) is 0 Å². The van der Waals surface area contributed by atoms with E-state index in [1.54, 1.807) is 0 Å². The standard InChI is InChI=1S/C15H17/c1-11-9-12-7-5-6-8-13(12)10-14(11)15(2,3)4/h5-8,10H,1-4H3. The largest absolute Gasteiger partial charge is 0.0616 e. The maximum atomic E-state index is 3.46. The quantitative estimate of drug-likeness (QED) is 0.592. The summed E-state index contributed by atoms with van der Waals surface area (Å²) in [7, 11) is 0. The Labute approximate surface area is 91.9 Å². The Morgan fingerprint density at radius 1 is 1.07 bits per heavy atom. The van der Waals surface area contributed by atoms with Crippen LogP contribution in [0.4, 0.5) is 0 Å². The van der Waals surface area contributed by atoms with Crippen LogP contribution in [0.1, 0.15) is 31.9 Å². The van der Waals surface area contributed by atoms with E-state index in [2.05, 4.69) is 64.1 Å². The summed E-state index contributed by atoms with van der Waals surface area (Å²) in [6.45, 7) is 8.89. The topological polar surface area (TPSA) is 0 Å². The predicted octanol–water partition coefficient (Wildman–Crippen LogP) is 4.25. The molecule has 0 atom stereocenters. The molecular formula is C15H17. The molecule has 0 nitrogen and oxygen atoms in total. The third-order valence-electron chi connectivity index (χ3n) is 2.79. The van der Waals surface area contributed by atoms with Gasteiger partial charge in [-0.1, -0.05) is 51.1 Å². The molecule has 0 fully saturated rings. The molecule has 0 amide bonds. The molecule has 0 aliphatic heterocycles. The summed E-state index contributed by atoms with van der Waals surface area (Å²) in [6, 6.07) is 14.2. The van der Waals surface area contributed by atoms with Crippen molar-refractivity contribution < 1.29 is 0 Å². The summed E-state index contributed by atoms with van der Waals surface area (Å²) < 4.78 is 0. The number of hydrogen-bond donors (Lipinski definition) is 0. The summed E-state index contributed by atoms with van der Waals surface area (Å²) in [5, 5.41) is 2.50. The van der Waals surface area contributed by atoms with E-state index in [1.165, 1.54) is 21.9 Å². The summed E-state index contributed by atoms with van der Waals surface area (Å²) in [4.78, 5) is 0. The first-order valence-electron chi connectivity index (χ1n) is 5.40. The molecule has 0 unspecified atom stereocenters. The molecule has 0 N–H and O–H groups in total. The van der Waals surface area contributed by atoms with Gasteiger partial charge >= 0.3 is 0 Å². The van der Waals surface area contributed by atoms with Gasteiger partial charge in [0, 0.05) is 0 Å². The Hall–Kier alpha value is -1.30. The summed E-state index contributed by atoms with van der Waals surface area (Å²) in [5.41, 5.74) is 2.85. The van der Waals surface area contributed by atoms with E-state index in [9.17, 15) is 0 Å². The van der Waals surface area contributed by atoms with Gasteiger partial charge in [-0.25, -0.2) is 0 Å². The predicted molar refractivity (Wildman–Crippen MR) is 66.2 cm³/mol. The zero-order valence-electron chi connectivity index (χ0n) is 9.89. The second kappa shape index (κ2) is 3.37. The Balaban J connectivity index is 2.73. The molecular weight excluding hydrogens is 180 g/mol.